The number of fused-ring (bicyclic) bond motifs is 4. The van der Waals surface area contributed by atoms with Gasteiger partial charge in [0.25, 0.3) is 10.0 Å². The van der Waals surface area contributed by atoms with Crippen LogP contribution < -0.4 is 10.1 Å². The van der Waals surface area contributed by atoms with Crippen LogP contribution in [0.15, 0.2) is 24.4 Å². The zero-order valence-electron chi connectivity index (χ0n) is 18.4. The molecule has 0 saturated carbocycles. The molecule has 0 amide bonds. The van der Waals surface area contributed by atoms with E-state index < -0.39 is 27.2 Å². The summed E-state index contributed by atoms with van der Waals surface area (Å²) >= 11 is 0. The van der Waals surface area contributed by atoms with E-state index in [0.717, 1.165) is 18.4 Å². The first-order valence-corrected chi connectivity index (χ1v) is 11.8. The summed E-state index contributed by atoms with van der Waals surface area (Å²) in [5.41, 5.74) is 0.345. The zero-order valence-corrected chi connectivity index (χ0v) is 19.3. The minimum atomic E-state index is -3.81. The lowest BCUT2D eigenvalue weighted by atomic mass is 9.95. The predicted molar refractivity (Wildman–Crippen MR) is 118 cm³/mol. The Morgan fingerprint density at radius 2 is 1.88 bits per heavy atom. The Bertz CT molecular complexity index is 1570. The highest BCUT2D eigenvalue weighted by Gasteiger charge is 2.37. The van der Waals surface area contributed by atoms with Crippen molar-refractivity contribution >= 4 is 26.6 Å². The molecule has 9 nitrogen and oxygen atoms in total. The van der Waals surface area contributed by atoms with Crippen molar-refractivity contribution in [1.82, 2.24) is 24.0 Å². The molecule has 3 heterocycles. The second kappa shape index (κ2) is 6.73. The number of aromatic nitrogens is 5. The van der Waals surface area contributed by atoms with E-state index in [1.54, 1.807) is 11.5 Å². The second-order valence-corrected chi connectivity index (χ2v) is 10.3. The lowest BCUT2D eigenvalue weighted by molar-refractivity contribution is 0.408. The van der Waals surface area contributed by atoms with Gasteiger partial charge in [0, 0.05) is 23.1 Å². The number of halogens is 2. The van der Waals surface area contributed by atoms with Crippen molar-refractivity contribution in [2.75, 3.05) is 18.7 Å². The Morgan fingerprint density at radius 1 is 1.15 bits per heavy atom. The van der Waals surface area contributed by atoms with Crippen LogP contribution in [0.25, 0.3) is 27.7 Å². The summed E-state index contributed by atoms with van der Waals surface area (Å²) in [7, 11) is -2.43. The zero-order chi connectivity index (χ0) is 23.9. The van der Waals surface area contributed by atoms with Crippen LogP contribution in [0.4, 0.5) is 14.5 Å². The van der Waals surface area contributed by atoms with E-state index in [0.29, 0.717) is 27.1 Å². The van der Waals surface area contributed by atoms with Gasteiger partial charge in [-0.1, -0.05) is 0 Å². The van der Waals surface area contributed by atoms with Gasteiger partial charge in [-0.15, -0.1) is 10.2 Å². The van der Waals surface area contributed by atoms with Gasteiger partial charge in [-0.05, 0) is 26.8 Å². The third-order valence-electron chi connectivity index (χ3n) is 5.67. The molecule has 33 heavy (non-hydrogen) atoms. The Kier molecular flexibility index (Phi) is 4.35. The Morgan fingerprint density at radius 3 is 2.55 bits per heavy atom. The van der Waals surface area contributed by atoms with Gasteiger partial charge in [0.1, 0.15) is 23.1 Å². The van der Waals surface area contributed by atoms with Crippen LogP contribution in [-0.4, -0.2) is 45.7 Å². The summed E-state index contributed by atoms with van der Waals surface area (Å²) < 4.78 is 62.7. The molecule has 1 N–H and O–H groups in total. The van der Waals surface area contributed by atoms with E-state index in [9.17, 15) is 12.8 Å². The summed E-state index contributed by atoms with van der Waals surface area (Å²) in [6, 6.07) is 3.47. The van der Waals surface area contributed by atoms with E-state index >= 15 is 4.39 Å². The van der Waals surface area contributed by atoms with Crippen molar-refractivity contribution < 1.29 is 21.9 Å². The van der Waals surface area contributed by atoms with E-state index in [4.69, 9.17) is 4.74 Å². The number of nitrogens with zero attached hydrogens (tertiary/aromatic N) is 5. The van der Waals surface area contributed by atoms with Crippen LogP contribution in [0.2, 0.25) is 0 Å². The maximum Gasteiger partial charge on any atom is 0.251 e. The summed E-state index contributed by atoms with van der Waals surface area (Å²) in [6.45, 7) is 5.55. The molecular formula is C21H20F2N6O3S. The fourth-order valence-electron chi connectivity index (χ4n) is 4.35. The summed E-state index contributed by atoms with van der Waals surface area (Å²) in [5, 5.41) is 15.8. The molecule has 2 aromatic carbocycles. The molecule has 0 unspecified atom stereocenters. The van der Waals surface area contributed by atoms with Crippen molar-refractivity contribution in [3.63, 3.8) is 0 Å². The van der Waals surface area contributed by atoms with Gasteiger partial charge >= 0.3 is 0 Å². The van der Waals surface area contributed by atoms with Crippen LogP contribution in [0.1, 0.15) is 25.5 Å². The number of rotatable bonds is 3. The SMILES string of the molecule is COc1c(-c2cc(F)cc3c2cnn3S(C)(=O)=O)c(F)cc2c1-n1c(C)nnc1C(C)(C)N2. The number of anilines is 1. The molecular weight excluding hydrogens is 454 g/mol. The highest BCUT2D eigenvalue weighted by atomic mass is 32.2. The van der Waals surface area contributed by atoms with Gasteiger partial charge < -0.3 is 10.1 Å². The summed E-state index contributed by atoms with van der Waals surface area (Å²) in [4.78, 5) is 0. The number of benzene rings is 2. The van der Waals surface area contributed by atoms with Gasteiger partial charge in [0.15, 0.2) is 11.6 Å². The monoisotopic (exact) mass is 474 g/mol. The van der Waals surface area contributed by atoms with Crippen molar-refractivity contribution in [3.05, 3.63) is 47.7 Å². The van der Waals surface area contributed by atoms with E-state index in [1.807, 2.05) is 13.8 Å². The molecule has 0 atom stereocenters. The van der Waals surface area contributed by atoms with Gasteiger partial charge in [0.2, 0.25) is 0 Å². The maximum atomic E-state index is 15.6. The highest BCUT2D eigenvalue weighted by molar-refractivity contribution is 7.89. The molecule has 0 aliphatic carbocycles. The maximum absolute atomic E-state index is 15.6. The van der Waals surface area contributed by atoms with Crippen LogP contribution in [0.3, 0.4) is 0 Å². The molecule has 4 aromatic rings. The van der Waals surface area contributed by atoms with Crippen molar-refractivity contribution in [1.29, 1.82) is 0 Å². The van der Waals surface area contributed by atoms with Gasteiger partial charge in [-0.3, -0.25) is 4.57 Å². The molecule has 1 aliphatic rings. The molecule has 0 saturated heterocycles. The number of hydrogen-bond acceptors (Lipinski definition) is 7. The molecule has 0 fully saturated rings. The Balaban J connectivity index is 1.90. The minimum Gasteiger partial charge on any atom is -0.494 e. The van der Waals surface area contributed by atoms with Crippen LogP contribution in [0.5, 0.6) is 5.75 Å². The van der Waals surface area contributed by atoms with Gasteiger partial charge in [-0.25, -0.2) is 17.2 Å². The van der Waals surface area contributed by atoms with E-state index in [-0.39, 0.29) is 27.8 Å². The molecule has 172 valence electrons. The second-order valence-electron chi connectivity index (χ2n) is 8.46. The average molecular weight is 474 g/mol. The fourth-order valence-corrected chi connectivity index (χ4v) is 5.08. The van der Waals surface area contributed by atoms with Crippen LogP contribution >= 0.6 is 0 Å². The first-order valence-electron chi connectivity index (χ1n) is 9.94. The summed E-state index contributed by atoms with van der Waals surface area (Å²) in [6.07, 6.45) is 2.22. The molecule has 0 radical (unpaired) electrons. The average Bonchev–Trinajstić information content (AvgIpc) is 3.30. The topological polar surface area (TPSA) is 104 Å². The van der Waals surface area contributed by atoms with Crippen molar-refractivity contribution in [3.8, 4) is 22.6 Å². The fraction of sp³-hybridized carbons (Fsp3) is 0.286. The number of methoxy groups -OCH3 is 1. The van der Waals surface area contributed by atoms with Crippen molar-refractivity contribution in [2.45, 2.75) is 26.3 Å². The standard InChI is InChI=1S/C21H20F2N6O3S/c1-10-26-27-20-21(2,3)25-15-8-14(23)17(19(32-4)18(15)28(10)20)12-6-11(22)7-16-13(12)9-24-29(16)33(5,30)31/h6-9,25H,1-5H3. The molecule has 0 spiro atoms. The highest BCUT2D eigenvalue weighted by Crippen LogP contribution is 2.48. The largest absolute Gasteiger partial charge is 0.494 e. The minimum absolute atomic E-state index is 0.00732. The number of nitrogens with one attached hydrogen (secondary N) is 1. The number of aryl methyl sites for hydroxylation is 1. The van der Waals surface area contributed by atoms with Crippen molar-refractivity contribution in [2.24, 2.45) is 0 Å². The smallest absolute Gasteiger partial charge is 0.251 e. The van der Waals surface area contributed by atoms with Crippen LogP contribution in [-0.2, 0) is 15.6 Å². The number of hydrogen-bond donors (Lipinski definition) is 1. The molecule has 2 aromatic heterocycles. The lowest BCUT2D eigenvalue weighted by Gasteiger charge is -2.35. The van der Waals surface area contributed by atoms with E-state index in [1.165, 1.54) is 19.4 Å². The number of ether oxygens (including phenoxy) is 1. The van der Waals surface area contributed by atoms with Crippen LogP contribution in [0, 0.1) is 18.6 Å². The third kappa shape index (κ3) is 3.00. The Labute approximate surface area is 188 Å². The Hall–Kier alpha value is -3.54. The first-order chi connectivity index (χ1) is 15.4. The molecule has 5 rings (SSSR count). The normalized spacial score (nSPS) is 14.6. The third-order valence-corrected chi connectivity index (χ3v) is 6.59. The molecule has 1 aliphatic heterocycles. The lowest BCUT2D eigenvalue weighted by Crippen LogP contribution is -2.36. The predicted octanol–water partition coefficient (Wildman–Crippen LogP) is 3.35. The van der Waals surface area contributed by atoms with Gasteiger partial charge in [0.05, 0.1) is 41.9 Å². The quantitative estimate of drug-likeness (QED) is 0.486. The van der Waals surface area contributed by atoms with Gasteiger partial charge in [-0.2, -0.15) is 9.19 Å². The first kappa shape index (κ1) is 21.3. The van der Waals surface area contributed by atoms with E-state index in [2.05, 4.69) is 20.6 Å². The molecule has 12 heteroatoms. The summed E-state index contributed by atoms with van der Waals surface area (Å²) in [5.74, 6) is -0.149. The molecule has 0 bridgehead atoms.